The molecule has 0 N–H and O–H groups in total. The van der Waals surface area contributed by atoms with Gasteiger partial charge in [-0.2, -0.15) is 0 Å². The minimum atomic E-state index is -0.489. The van der Waals surface area contributed by atoms with Crippen LogP contribution < -0.4 is 4.90 Å². The van der Waals surface area contributed by atoms with E-state index in [9.17, 15) is 8.78 Å². The predicted molar refractivity (Wildman–Crippen MR) is 96.1 cm³/mol. The lowest BCUT2D eigenvalue weighted by molar-refractivity contribution is 0.191. The van der Waals surface area contributed by atoms with Gasteiger partial charge < -0.3 is 9.42 Å². The van der Waals surface area contributed by atoms with Crippen LogP contribution in [0.25, 0.3) is 11.3 Å². The molecule has 0 aliphatic carbocycles. The Morgan fingerprint density at radius 3 is 2.59 bits per heavy atom. The number of anilines is 1. The minimum absolute atomic E-state index is 0.176. The third kappa shape index (κ3) is 3.52. The van der Waals surface area contributed by atoms with E-state index >= 15 is 0 Å². The van der Waals surface area contributed by atoms with Gasteiger partial charge in [0.25, 0.3) is 0 Å². The molecule has 140 valence electrons. The van der Waals surface area contributed by atoms with Gasteiger partial charge in [-0.3, -0.25) is 4.90 Å². The summed E-state index contributed by atoms with van der Waals surface area (Å²) < 4.78 is 33.1. The maximum Gasteiger partial charge on any atom is 0.191 e. The highest BCUT2D eigenvalue weighted by atomic mass is 19.1. The molecule has 3 heterocycles. The van der Waals surface area contributed by atoms with Gasteiger partial charge in [0.15, 0.2) is 11.6 Å². The van der Waals surface area contributed by atoms with Crippen LogP contribution in [0.2, 0.25) is 0 Å². The molecule has 0 atom stereocenters. The standard InChI is InChI=1S/C19H19F2N5O/c1-12-7-15(24-27-12)8-25(2)16-9-26(10-16)19-17(21)18(22-11-23-19)13-3-5-14(20)6-4-13/h3-7,11,16H,8-10H2,1-2H3. The quantitative estimate of drug-likeness (QED) is 0.687. The first-order valence-corrected chi connectivity index (χ1v) is 8.65. The molecule has 2 aromatic heterocycles. The van der Waals surface area contributed by atoms with Crippen molar-refractivity contribution < 1.29 is 13.3 Å². The van der Waals surface area contributed by atoms with Crippen molar-refractivity contribution in [3.63, 3.8) is 0 Å². The minimum Gasteiger partial charge on any atom is -0.361 e. The molecule has 1 fully saturated rings. The molecule has 0 spiro atoms. The number of aryl methyl sites for hydroxylation is 1. The molecular formula is C19H19F2N5O. The van der Waals surface area contributed by atoms with E-state index in [0.29, 0.717) is 25.2 Å². The number of benzene rings is 1. The third-order valence-electron chi connectivity index (χ3n) is 4.76. The zero-order chi connectivity index (χ0) is 19.0. The molecule has 4 rings (SSSR count). The highest BCUT2D eigenvalue weighted by Gasteiger charge is 2.33. The van der Waals surface area contributed by atoms with Gasteiger partial charge in [0.2, 0.25) is 0 Å². The number of hydrogen-bond donors (Lipinski definition) is 0. The Bertz CT molecular complexity index is 938. The molecule has 1 aliphatic heterocycles. The summed E-state index contributed by atoms with van der Waals surface area (Å²) >= 11 is 0. The summed E-state index contributed by atoms with van der Waals surface area (Å²) in [5.41, 5.74) is 1.57. The van der Waals surface area contributed by atoms with Gasteiger partial charge in [-0.15, -0.1) is 0 Å². The van der Waals surface area contributed by atoms with E-state index in [1.165, 1.54) is 30.6 Å². The van der Waals surface area contributed by atoms with E-state index in [4.69, 9.17) is 4.52 Å². The van der Waals surface area contributed by atoms with Crippen molar-refractivity contribution in [3.8, 4) is 11.3 Å². The summed E-state index contributed by atoms with van der Waals surface area (Å²) in [5.74, 6) is 0.193. The van der Waals surface area contributed by atoms with E-state index in [1.807, 2.05) is 24.9 Å². The van der Waals surface area contributed by atoms with Crippen molar-refractivity contribution in [2.45, 2.75) is 19.5 Å². The summed E-state index contributed by atoms with van der Waals surface area (Å²) in [6.45, 7) is 3.84. The van der Waals surface area contributed by atoms with E-state index in [-0.39, 0.29) is 23.4 Å². The van der Waals surface area contributed by atoms with Crippen molar-refractivity contribution in [3.05, 3.63) is 59.7 Å². The number of aromatic nitrogens is 3. The summed E-state index contributed by atoms with van der Waals surface area (Å²) in [6, 6.07) is 7.78. The van der Waals surface area contributed by atoms with Gasteiger partial charge in [-0.05, 0) is 38.2 Å². The number of nitrogens with zero attached hydrogens (tertiary/aromatic N) is 5. The lowest BCUT2D eigenvalue weighted by Gasteiger charge is -2.44. The van der Waals surface area contributed by atoms with Crippen molar-refractivity contribution in [1.82, 2.24) is 20.0 Å². The Kier molecular flexibility index (Phi) is 4.57. The van der Waals surface area contributed by atoms with Crippen LogP contribution in [0, 0.1) is 18.6 Å². The van der Waals surface area contributed by atoms with Gasteiger partial charge in [0, 0.05) is 37.3 Å². The summed E-state index contributed by atoms with van der Waals surface area (Å²) in [4.78, 5) is 12.2. The topological polar surface area (TPSA) is 58.3 Å². The second-order valence-corrected chi connectivity index (χ2v) is 6.77. The molecule has 0 radical (unpaired) electrons. The molecule has 27 heavy (non-hydrogen) atoms. The normalized spacial score (nSPS) is 14.6. The molecule has 1 saturated heterocycles. The molecule has 1 aliphatic rings. The predicted octanol–water partition coefficient (Wildman–Crippen LogP) is 3.04. The SMILES string of the molecule is Cc1cc(CN(C)C2CN(c3ncnc(-c4ccc(F)cc4)c3F)C2)no1. The van der Waals surface area contributed by atoms with Crippen LogP contribution in [-0.2, 0) is 6.54 Å². The highest BCUT2D eigenvalue weighted by Crippen LogP contribution is 2.29. The second-order valence-electron chi connectivity index (χ2n) is 6.77. The molecule has 3 aromatic rings. The molecule has 1 aromatic carbocycles. The smallest absolute Gasteiger partial charge is 0.191 e. The Labute approximate surface area is 155 Å². The average Bonchev–Trinajstić information content (AvgIpc) is 3.01. The molecule has 8 heteroatoms. The van der Waals surface area contributed by atoms with Crippen LogP contribution in [0.5, 0.6) is 0 Å². The van der Waals surface area contributed by atoms with Crippen LogP contribution in [-0.4, -0.2) is 46.2 Å². The van der Waals surface area contributed by atoms with Gasteiger partial charge in [0.05, 0.1) is 5.69 Å². The zero-order valence-electron chi connectivity index (χ0n) is 15.1. The third-order valence-corrected chi connectivity index (χ3v) is 4.76. The van der Waals surface area contributed by atoms with Crippen molar-refractivity contribution >= 4 is 5.82 Å². The van der Waals surface area contributed by atoms with Crippen LogP contribution >= 0.6 is 0 Å². The highest BCUT2D eigenvalue weighted by molar-refractivity contribution is 5.64. The Hall–Kier alpha value is -2.87. The number of likely N-dealkylation sites (N-methyl/N-ethyl adjacent to an activating group) is 1. The molecule has 0 unspecified atom stereocenters. The van der Waals surface area contributed by atoms with Gasteiger partial charge in [-0.25, -0.2) is 18.7 Å². The van der Waals surface area contributed by atoms with Crippen LogP contribution in [0.1, 0.15) is 11.5 Å². The first kappa shape index (κ1) is 17.5. The monoisotopic (exact) mass is 371 g/mol. The molecular weight excluding hydrogens is 352 g/mol. The van der Waals surface area contributed by atoms with Crippen LogP contribution in [0.15, 0.2) is 41.2 Å². The fourth-order valence-corrected chi connectivity index (χ4v) is 3.17. The number of halogens is 2. The maximum atomic E-state index is 14.9. The van der Waals surface area contributed by atoms with Crippen LogP contribution in [0.4, 0.5) is 14.6 Å². The molecule has 0 amide bonds. The van der Waals surface area contributed by atoms with Crippen molar-refractivity contribution in [1.29, 1.82) is 0 Å². The van der Waals surface area contributed by atoms with Gasteiger partial charge in [-0.1, -0.05) is 5.16 Å². The Morgan fingerprint density at radius 1 is 1.19 bits per heavy atom. The number of hydrogen-bond acceptors (Lipinski definition) is 6. The average molecular weight is 371 g/mol. The first-order chi connectivity index (χ1) is 13.0. The Morgan fingerprint density at radius 2 is 1.93 bits per heavy atom. The van der Waals surface area contributed by atoms with E-state index in [0.717, 1.165) is 11.5 Å². The van der Waals surface area contributed by atoms with Gasteiger partial charge >= 0.3 is 0 Å². The fraction of sp³-hybridized carbons (Fsp3) is 0.316. The largest absolute Gasteiger partial charge is 0.361 e. The molecule has 0 saturated carbocycles. The lowest BCUT2D eigenvalue weighted by atomic mass is 10.1. The van der Waals surface area contributed by atoms with E-state index in [1.54, 1.807) is 0 Å². The lowest BCUT2D eigenvalue weighted by Crippen LogP contribution is -2.58. The maximum absolute atomic E-state index is 14.9. The van der Waals surface area contributed by atoms with Crippen LogP contribution in [0.3, 0.4) is 0 Å². The Balaban J connectivity index is 1.44. The summed E-state index contributed by atoms with van der Waals surface area (Å²) in [6.07, 6.45) is 1.34. The fourth-order valence-electron chi connectivity index (χ4n) is 3.17. The van der Waals surface area contributed by atoms with Crippen molar-refractivity contribution in [2.75, 3.05) is 25.0 Å². The van der Waals surface area contributed by atoms with E-state index in [2.05, 4.69) is 20.0 Å². The van der Waals surface area contributed by atoms with Crippen molar-refractivity contribution in [2.24, 2.45) is 0 Å². The summed E-state index contributed by atoms with van der Waals surface area (Å²) in [7, 11) is 2.01. The van der Waals surface area contributed by atoms with E-state index < -0.39 is 5.82 Å². The van der Waals surface area contributed by atoms with Gasteiger partial charge in [0.1, 0.15) is 23.6 Å². The molecule has 6 nitrogen and oxygen atoms in total. The summed E-state index contributed by atoms with van der Waals surface area (Å²) in [5, 5.41) is 4.00. The second kappa shape index (κ2) is 7.03. The number of rotatable bonds is 5. The molecule has 0 bridgehead atoms. The first-order valence-electron chi connectivity index (χ1n) is 8.65. The zero-order valence-corrected chi connectivity index (χ0v) is 15.1.